The molecule has 5 nitrogen and oxygen atoms in total. The Hall–Kier alpha value is -0.490. The molecule has 1 rings (SSSR count). The third-order valence-electron chi connectivity index (χ3n) is 3.70. The number of amides is 1. The Labute approximate surface area is 126 Å². The summed E-state index contributed by atoms with van der Waals surface area (Å²) in [7, 11) is 1.86. The molecule has 7 heteroatoms. The van der Waals surface area contributed by atoms with Crippen molar-refractivity contribution in [2.45, 2.75) is 52.6 Å². The van der Waals surface area contributed by atoms with Crippen molar-refractivity contribution >= 4 is 25.8 Å². The average molecular weight is 326 g/mol. The standard InChI is InChI=1S/C13H24ClNO4S/c1-5-13(10-20(14,17)18)6-8-15(9-7-13)11(16)19-12(2,3)4/h5-10H2,1-4H3. The molecule has 1 heterocycles. The molecule has 1 aliphatic heterocycles. The molecule has 20 heavy (non-hydrogen) atoms. The highest BCUT2D eigenvalue weighted by Crippen LogP contribution is 2.37. The number of nitrogens with zero attached hydrogens (tertiary/aromatic N) is 1. The molecular weight excluding hydrogens is 302 g/mol. The van der Waals surface area contributed by atoms with Crippen molar-refractivity contribution in [2.75, 3.05) is 18.8 Å². The third-order valence-corrected chi connectivity index (χ3v) is 4.99. The van der Waals surface area contributed by atoms with Crippen LogP contribution in [0.3, 0.4) is 0 Å². The van der Waals surface area contributed by atoms with E-state index in [1.165, 1.54) is 0 Å². The Bertz CT molecular complexity index is 447. The molecule has 0 spiro atoms. The second kappa shape index (κ2) is 6.10. The molecule has 0 aromatic rings. The molecule has 0 bridgehead atoms. The fourth-order valence-electron chi connectivity index (χ4n) is 2.46. The summed E-state index contributed by atoms with van der Waals surface area (Å²) in [6.07, 6.45) is 1.67. The van der Waals surface area contributed by atoms with Gasteiger partial charge in [0.25, 0.3) is 0 Å². The maximum Gasteiger partial charge on any atom is 0.410 e. The van der Waals surface area contributed by atoms with Gasteiger partial charge < -0.3 is 9.64 Å². The highest BCUT2D eigenvalue weighted by molar-refractivity contribution is 8.13. The number of carbonyl (C=O) groups is 1. The molecule has 0 radical (unpaired) electrons. The molecule has 118 valence electrons. The van der Waals surface area contributed by atoms with Crippen LogP contribution in [0.2, 0.25) is 0 Å². The predicted octanol–water partition coefficient (Wildman–Crippen LogP) is 2.98. The summed E-state index contributed by atoms with van der Waals surface area (Å²) in [5, 5.41) is 0. The number of hydrogen-bond donors (Lipinski definition) is 0. The first-order chi connectivity index (χ1) is 8.96. The quantitative estimate of drug-likeness (QED) is 0.748. The Morgan fingerprint density at radius 2 is 1.80 bits per heavy atom. The lowest BCUT2D eigenvalue weighted by Crippen LogP contribution is -2.46. The van der Waals surface area contributed by atoms with Gasteiger partial charge in [-0.05, 0) is 45.4 Å². The largest absolute Gasteiger partial charge is 0.444 e. The molecule has 0 aliphatic carbocycles. The Kier molecular flexibility index (Phi) is 5.35. The summed E-state index contributed by atoms with van der Waals surface area (Å²) >= 11 is 0. The van der Waals surface area contributed by atoms with Gasteiger partial charge in [-0.1, -0.05) is 6.92 Å². The van der Waals surface area contributed by atoms with Crippen LogP contribution in [0.25, 0.3) is 0 Å². The van der Waals surface area contributed by atoms with Gasteiger partial charge in [-0.15, -0.1) is 0 Å². The van der Waals surface area contributed by atoms with E-state index in [2.05, 4.69) is 0 Å². The lowest BCUT2D eigenvalue weighted by molar-refractivity contribution is 0.0119. The van der Waals surface area contributed by atoms with E-state index < -0.39 is 14.7 Å². The number of carbonyl (C=O) groups excluding carboxylic acids is 1. The van der Waals surface area contributed by atoms with Crippen LogP contribution < -0.4 is 0 Å². The molecule has 0 aromatic carbocycles. The number of hydrogen-bond acceptors (Lipinski definition) is 4. The van der Waals surface area contributed by atoms with E-state index in [-0.39, 0.29) is 17.3 Å². The van der Waals surface area contributed by atoms with Crippen molar-refractivity contribution < 1.29 is 17.9 Å². The number of ether oxygens (including phenoxy) is 1. The molecule has 1 saturated heterocycles. The van der Waals surface area contributed by atoms with E-state index >= 15 is 0 Å². The first-order valence-electron chi connectivity index (χ1n) is 6.87. The Morgan fingerprint density at radius 3 is 2.15 bits per heavy atom. The van der Waals surface area contributed by atoms with Crippen LogP contribution in [0.1, 0.15) is 47.0 Å². The van der Waals surface area contributed by atoms with Crippen LogP contribution in [-0.4, -0.2) is 43.9 Å². The van der Waals surface area contributed by atoms with E-state index in [0.29, 0.717) is 25.9 Å². The first kappa shape index (κ1) is 17.6. The normalized spacial score (nSPS) is 19.8. The SMILES string of the molecule is CCC1(CS(=O)(=O)Cl)CCN(C(=O)OC(C)(C)C)CC1. The molecule has 0 saturated carbocycles. The zero-order valence-electron chi connectivity index (χ0n) is 12.6. The van der Waals surface area contributed by atoms with Crippen molar-refractivity contribution in [1.29, 1.82) is 0 Å². The summed E-state index contributed by atoms with van der Waals surface area (Å²) in [4.78, 5) is 13.6. The van der Waals surface area contributed by atoms with Crippen LogP contribution in [0, 0.1) is 5.41 Å². The van der Waals surface area contributed by atoms with Gasteiger partial charge in [0, 0.05) is 23.8 Å². The van der Waals surface area contributed by atoms with Crippen molar-refractivity contribution in [3.63, 3.8) is 0 Å². The minimum Gasteiger partial charge on any atom is -0.444 e. The summed E-state index contributed by atoms with van der Waals surface area (Å²) in [5.41, 5.74) is -0.838. The maximum absolute atomic E-state index is 12.0. The lowest BCUT2D eigenvalue weighted by atomic mass is 9.78. The Morgan fingerprint density at radius 1 is 1.30 bits per heavy atom. The number of piperidine rings is 1. The highest BCUT2D eigenvalue weighted by atomic mass is 35.7. The van der Waals surface area contributed by atoms with Gasteiger partial charge in [0.15, 0.2) is 0 Å². The number of halogens is 1. The average Bonchev–Trinajstić information content (AvgIpc) is 2.25. The van der Waals surface area contributed by atoms with Crippen molar-refractivity contribution in [2.24, 2.45) is 5.41 Å². The smallest absolute Gasteiger partial charge is 0.410 e. The van der Waals surface area contributed by atoms with Gasteiger partial charge in [0.05, 0.1) is 5.75 Å². The van der Waals surface area contributed by atoms with E-state index in [9.17, 15) is 13.2 Å². The van der Waals surface area contributed by atoms with Gasteiger partial charge in [-0.3, -0.25) is 0 Å². The third kappa shape index (κ3) is 5.48. The number of likely N-dealkylation sites (tertiary alicyclic amines) is 1. The fourth-order valence-corrected chi connectivity index (χ4v) is 4.37. The molecule has 1 fully saturated rings. The van der Waals surface area contributed by atoms with Gasteiger partial charge in [-0.25, -0.2) is 13.2 Å². The molecule has 1 amide bonds. The van der Waals surface area contributed by atoms with Crippen molar-refractivity contribution in [3.8, 4) is 0 Å². The molecule has 0 unspecified atom stereocenters. The highest BCUT2D eigenvalue weighted by Gasteiger charge is 2.38. The summed E-state index contributed by atoms with van der Waals surface area (Å²) in [5.74, 6) is -0.0276. The van der Waals surface area contributed by atoms with Crippen LogP contribution in [-0.2, 0) is 13.8 Å². The zero-order chi connectivity index (χ0) is 15.6. The van der Waals surface area contributed by atoms with E-state index in [0.717, 1.165) is 6.42 Å². The van der Waals surface area contributed by atoms with Crippen LogP contribution in [0.5, 0.6) is 0 Å². The van der Waals surface area contributed by atoms with Gasteiger partial charge in [0.1, 0.15) is 5.60 Å². The molecule has 0 N–H and O–H groups in total. The van der Waals surface area contributed by atoms with Crippen molar-refractivity contribution in [1.82, 2.24) is 4.90 Å². The molecule has 1 aliphatic rings. The summed E-state index contributed by atoms with van der Waals surface area (Å²) < 4.78 is 28.0. The maximum atomic E-state index is 12.0. The topological polar surface area (TPSA) is 63.7 Å². The molecular formula is C13H24ClNO4S. The van der Waals surface area contributed by atoms with E-state index in [1.54, 1.807) is 4.90 Å². The van der Waals surface area contributed by atoms with E-state index in [1.807, 2.05) is 27.7 Å². The van der Waals surface area contributed by atoms with Crippen LogP contribution in [0.4, 0.5) is 4.79 Å². The second-order valence-corrected chi connectivity index (χ2v) is 9.28. The minimum atomic E-state index is -3.52. The monoisotopic (exact) mass is 325 g/mol. The lowest BCUT2D eigenvalue weighted by Gasteiger charge is -2.40. The minimum absolute atomic E-state index is 0.0276. The van der Waals surface area contributed by atoms with E-state index in [4.69, 9.17) is 15.4 Å². The Balaban J connectivity index is 2.64. The van der Waals surface area contributed by atoms with Gasteiger partial charge in [-0.2, -0.15) is 0 Å². The molecule has 0 atom stereocenters. The first-order valence-corrected chi connectivity index (χ1v) is 9.34. The summed E-state index contributed by atoms with van der Waals surface area (Å²) in [6, 6.07) is 0. The fraction of sp³-hybridized carbons (Fsp3) is 0.923. The number of rotatable bonds is 3. The predicted molar refractivity (Wildman–Crippen MR) is 79.4 cm³/mol. The second-order valence-electron chi connectivity index (χ2n) is 6.50. The van der Waals surface area contributed by atoms with Crippen LogP contribution in [0.15, 0.2) is 0 Å². The summed E-state index contributed by atoms with van der Waals surface area (Å²) in [6.45, 7) is 8.46. The van der Waals surface area contributed by atoms with Gasteiger partial charge in [0.2, 0.25) is 9.05 Å². The van der Waals surface area contributed by atoms with Crippen LogP contribution >= 0.6 is 10.7 Å². The molecule has 0 aromatic heterocycles. The van der Waals surface area contributed by atoms with Crippen molar-refractivity contribution in [3.05, 3.63) is 0 Å². The van der Waals surface area contributed by atoms with Gasteiger partial charge >= 0.3 is 6.09 Å². The zero-order valence-corrected chi connectivity index (χ0v) is 14.2.